The van der Waals surface area contributed by atoms with E-state index in [1.165, 1.54) is 5.56 Å². The number of hydrogen-bond donors (Lipinski definition) is 1. The summed E-state index contributed by atoms with van der Waals surface area (Å²) in [7, 11) is 0. The summed E-state index contributed by atoms with van der Waals surface area (Å²) in [6.45, 7) is 7.63. The van der Waals surface area contributed by atoms with Gasteiger partial charge in [0.05, 0.1) is 12.5 Å². The number of piperidine rings is 1. The Hall–Kier alpha value is -4.00. The molecule has 1 fully saturated rings. The number of aryl methyl sites for hydroxylation is 3. The summed E-state index contributed by atoms with van der Waals surface area (Å²) in [5.41, 5.74) is 6.27. The van der Waals surface area contributed by atoms with Crippen LogP contribution in [0.15, 0.2) is 65.6 Å². The number of amides is 1. The highest BCUT2D eigenvalue weighted by atomic mass is 16.2. The zero-order valence-electron chi connectivity index (χ0n) is 21.0. The summed E-state index contributed by atoms with van der Waals surface area (Å²) >= 11 is 0. The predicted molar refractivity (Wildman–Crippen MR) is 144 cm³/mol. The second kappa shape index (κ2) is 9.93. The topological polar surface area (TPSA) is 80.1 Å². The van der Waals surface area contributed by atoms with Crippen molar-refractivity contribution in [2.24, 2.45) is 5.92 Å². The van der Waals surface area contributed by atoms with Crippen LogP contribution in [0.3, 0.4) is 0 Å². The molecular formula is C29H31N5O2. The summed E-state index contributed by atoms with van der Waals surface area (Å²) < 4.78 is 1.70. The van der Waals surface area contributed by atoms with E-state index in [1.54, 1.807) is 10.8 Å². The number of nitrogens with one attached hydrogen (secondary N) is 1. The fourth-order valence-corrected chi connectivity index (χ4v) is 4.97. The van der Waals surface area contributed by atoms with E-state index in [-0.39, 0.29) is 17.4 Å². The molecule has 7 nitrogen and oxygen atoms in total. The highest BCUT2D eigenvalue weighted by Crippen LogP contribution is 2.23. The van der Waals surface area contributed by atoms with Crippen LogP contribution in [0, 0.1) is 26.7 Å². The third kappa shape index (κ3) is 5.00. The van der Waals surface area contributed by atoms with E-state index < -0.39 is 0 Å². The molecule has 0 bridgehead atoms. The van der Waals surface area contributed by atoms with Crippen molar-refractivity contribution >= 4 is 28.6 Å². The standard InChI is InChI=1S/C29H31N5O2/c1-19-8-10-22(11-9-19)17-34-26-25(7-4-12-30-26)32-27(29(34)36)33-13-5-6-23(18-33)28(35)31-24-15-20(2)14-21(3)16-24/h4,7-12,14-16,23H,5-6,13,17-18H2,1-3H3,(H,31,35)/t23-/m1/s1. The summed E-state index contributed by atoms with van der Waals surface area (Å²) in [5.74, 6) is 0.134. The number of benzene rings is 2. The molecule has 1 atom stereocenters. The van der Waals surface area contributed by atoms with E-state index in [0.717, 1.165) is 35.2 Å². The maximum Gasteiger partial charge on any atom is 0.295 e. The zero-order chi connectivity index (χ0) is 25.2. The van der Waals surface area contributed by atoms with Gasteiger partial charge in [0.15, 0.2) is 11.5 Å². The van der Waals surface area contributed by atoms with Gasteiger partial charge in [0.25, 0.3) is 5.56 Å². The molecule has 1 saturated heterocycles. The smallest absolute Gasteiger partial charge is 0.295 e. The van der Waals surface area contributed by atoms with Crippen molar-refractivity contribution in [2.75, 3.05) is 23.3 Å². The van der Waals surface area contributed by atoms with Crippen LogP contribution in [0.1, 0.15) is 35.1 Å². The monoisotopic (exact) mass is 481 g/mol. The first-order valence-electron chi connectivity index (χ1n) is 12.4. The van der Waals surface area contributed by atoms with Crippen LogP contribution in [0.2, 0.25) is 0 Å². The van der Waals surface area contributed by atoms with E-state index in [4.69, 9.17) is 4.98 Å². The lowest BCUT2D eigenvalue weighted by molar-refractivity contribution is -0.120. The van der Waals surface area contributed by atoms with E-state index in [2.05, 4.69) is 16.4 Å². The number of carbonyl (C=O) groups is 1. The van der Waals surface area contributed by atoms with Crippen molar-refractivity contribution < 1.29 is 4.79 Å². The molecule has 3 heterocycles. The predicted octanol–water partition coefficient (Wildman–Crippen LogP) is 4.62. The Morgan fingerprint density at radius 2 is 1.78 bits per heavy atom. The van der Waals surface area contributed by atoms with Gasteiger partial charge in [-0.1, -0.05) is 35.9 Å². The van der Waals surface area contributed by atoms with Gasteiger partial charge in [-0.3, -0.25) is 14.2 Å². The SMILES string of the molecule is Cc1ccc(Cn2c(=O)c(N3CCC[C@@H](C(=O)Nc4cc(C)cc(C)c4)C3)nc3cccnc32)cc1. The second-order valence-electron chi connectivity index (χ2n) is 9.81. The largest absolute Gasteiger partial charge is 0.351 e. The minimum atomic E-state index is -0.226. The Balaban J connectivity index is 1.44. The number of rotatable bonds is 5. The van der Waals surface area contributed by atoms with E-state index in [9.17, 15) is 9.59 Å². The molecule has 0 aliphatic carbocycles. The van der Waals surface area contributed by atoms with E-state index in [0.29, 0.717) is 36.6 Å². The third-order valence-electron chi connectivity index (χ3n) is 6.73. The Labute approximate surface area is 210 Å². The normalized spacial score (nSPS) is 15.8. The Bertz CT molecular complexity index is 1460. The Morgan fingerprint density at radius 1 is 1.03 bits per heavy atom. The minimum Gasteiger partial charge on any atom is -0.351 e. The number of nitrogens with zero attached hydrogens (tertiary/aromatic N) is 4. The molecule has 2 aromatic heterocycles. The number of pyridine rings is 1. The van der Waals surface area contributed by atoms with Gasteiger partial charge in [-0.25, -0.2) is 9.97 Å². The number of aromatic nitrogens is 3. The van der Waals surface area contributed by atoms with Gasteiger partial charge in [-0.15, -0.1) is 0 Å². The van der Waals surface area contributed by atoms with E-state index in [1.807, 2.05) is 74.2 Å². The van der Waals surface area contributed by atoms with Crippen molar-refractivity contribution in [3.8, 4) is 0 Å². The third-order valence-corrected chi connectivity index (χ3v) is 6.73. The van der Waals surface area contributed by atoms with Crippen molar-refractivity contribution in [2.45, 2.75) is 40.2 Å². The van der Waals surface area contributed by atoms with Gasteiger partial charge >= 0.3 is 0 Å². The molecule has 1 aliphatic heterocycles. The molecule has 1 aliphatic rings. The Kier molecular flexibility index (Phi) is 6.55. The number of hydrogen-bond acceptors (Lipinski definition) is 5. The van der Waals surface area contributed by atoms with Crippen molar-refractivity contribution in [3.05, 3.63) is 93.4 Å². The van der Waals surface area contributed by atoms with Crippen molar-refractivity contribution in [3.63, 3.8) is 0 Å². The van der Waals surface area contributed by atoms with Crippen LogP contribution < -0.4 is 15.8 Å². The molecule has 1 amide bonds. The molecule has 5 rings (SSSR count). The van der Waals surface area contributed by atoms with Gasteiger partial charge in [-0.2, -0.15) is 0 Å². The molecule has 4 aromatic rings. The first-order chi connectivity index (χ1) is 17.4. The summed E-state index contributed by atoms with van der Waals surface area (Å²) in [4.78, 5) is 38.0. The maximum absolute atomic E-state index is 13.7. The molecular weight excluding hydrogens is 450 g/mol. The van der Waals surface area contributed by atoms with Crippen LogP contribution in [-0.4, -0.2) is 33.5 Å². The second-order valence-corrected chi connectivity index (χ2v) is 9.81. The Morgan fingerprint density at radius 3 is 2.53 bits per heavy atom. The summed E-state index contributed by atoms with van der Waals surface area (Å²) in [6.07, 6.45) is 3.28. The molecule has 7 heteroatoms. The van der Waals surface area contributed by atoms with Crippen molar-refractivity contribution in [1.29, 1.82) is 0 Å². The molecule has 0 spiro atoms. The van der Waals surface area contributed by atoms with E-state index >= 15 is 0 Å². The first-order valence-corrected chi connectivity index (χ1v) is 12.4. The zero-order valence-corrected chi connectivity index (χ0v) is 21.0. The number of anilines is 2. The van der Waals surface area contributed by atoms with Crippen LogP contribution in [0.5, 0.6) is 0 Å². The van der Waals surface area contributed by atoms with Crippen LogP contribution in [-0.2, 0) is 11.3 Å². The molecule has 0 radical (unpaired) electrons. The lowest BCUT2D eigenvalue weighted by atomic mass is 9.97. The fraction of sp³-hybridized carbons (Fsp3) is 0.310. The average molecular weight is 482 g/mol. The lowest BCUT2D eigenvalue weighted by Crippen LogP contribution is -2.44. The fourth-order valence-electron chi connectivity index (χ4n) is 4.97. The highest BCUT2D eigenvalue weighted by Gasteiger charge is 2.29. The average Bonchev–Trinajstić information content (AvgIpc) is 2.86. The van der Waals surface area contributed by atoms with Crippen LogP contribution >= 0.6 is 0 Å². The molecule has 36 heavy (non-hydrogen) atoms. The quantitative estimate of drug-likeness (QED) is 0.450. The summed E-state index contributed by atoms with van der Waals surface area (Å²) in [5, 5.41) is 3.08. The van der Waals surface area contributed by atoms with Gasteiger partial charge in [0, 0.05) is 25.0 Å². The molecule has 1 N–H and O–H groups in total. The molecule has 184 valence electrons. The van der Waals surface area contributed by atoms with Crippen LogP contribution in [0.4, 0.5) is 11.5 Å². The molecule has 2 aromatic carbocycles. The van der Waals surface area contributed by atoms with Gasteiger partial charge in [0.2, 0.25) is 5.91 Å². The first kappa shape index (κ1) is 23.7. The van der Waals surface area contributed by atoms with Crippen molar-refractivity contribution in [1.82, 2.24) is 14.5 Å². The highest BCUT2D eigenvalue weighted by molar-refractivity contribution is 5.93. The summed E-state index contributed by atoms with van der Waals surface area (Å²) in [6, 6.07) is 17.9. The number of fused-ring (bicyclic) bond motifs is 1. The van der Waals surface area contributed by atoms with Gasteiger partial charge < -0.3 is 10.2 Å². The van der Waals surface area contributed by atoms with Gasteiger partial charge in [-0.05, 0) is 74.6 Å². The molecule has 0 unspecified atom stereocenters. The minimum absolute atomic E-state index is 0.0212. The van der Waals surface area contributed by atoms with Crippen LogP contribution in [0.25, 0.3) is 11.2 Å². The maximum atomic E-state index is 13.7. The number of carbonyl (C=O) groups excluding carboxylic acids is 1. The molecule has 0 saturated carbocycles. The van der Waals surface area contributed by atoms with Gasteiger partial charge in [0.1, 0.15) is 5.52 Å². The lowest BCUT2D eigenvalue weighted by Gasteiger charge is -2.32.